The molecule has 1 aromatic carbocycles. The van der Waals surface area contributed by atoms with Crippen molar-refractivity contribution in [3.8, 4) is 0 Å². The van der Waals surface area contributed by atoms with Gasteiger partial charge in [-0.25, -0.2) is 4.79 Å². The summed E-state index contributed by atoms with van der Waals surface area (Å²) < 4.78 is 1.60. The van der Waals surface area contributed by atoms with Crippen molar-refractivity contribution in [3.05, 3.63) is 45.7 Å². The third-order valence-corrected chi connectivity index (χ3v) is 3.53. The summed E-state index contributed by atoms with van der Waals surface area (Å²) in [4.78, 5) is 23.6. The van der Waals surface area contributed by atoms with Crippen LogP contribution in [-0.2, 0) is 7.05 Å². The zero-order valence-corrected chi connectivity index (χ0v) is 12.5. The number of amides is 1. The van der Waals surface area contributed by atoms with E-state index in [9.17, 15) is 14.7 Å². The second-order valence-electron chi connectivity index (χ2n) is 4.59. The Morgan fingerprint density at radius 1 is 1.29 bits per heavy atom. The molecule has 110 valence electrons. The molecule has 2 rings (SSSR count). The Balaban J connectivity index is 2.41. The molecule has 0 aliphatic rings. The van der Waals surface area contributed by atoms with E-state index >= 15 is 0 Å². The standard InChI is InChI=1S/C14H14ClN3O3/c1-7-11(8(2)18(3)17-7)13(19)16-10-6-4-5-9(15)12(10)14(20)21/h4-6H,1-3H3,(H,16,19)(H,20,21). The predicted molar refractivity (Wildman–Crippen MR) is 79.0 cm³/mol. The largest absolute Gasteiger partial charge is 0.478 e. The minimum Gasteiger partial charge on any atom is -0.478 e. The van der Waals surface area contributed by atoms with Crippen LogP contribution in [0.4, 0.5) is 5.69 Å². The molecule has 0 unspecified atom stereocenters. The van der Waals surface area contributed by atoms with E-state index in [2.05, 4.69) is 10.4 Å². The molecule has 1 amide bonds. The van der Waals surface area contributed by atoms with Crippen LogP contribution in [0.2, 0.25) is 5.02 Å². The van der Waals surface area contributed by atoms with Crippen LogP contribution >= 0.6 is 11.6 Å². The quantitative estimate of drug-likeness (QED) is 0.913. The molecule has 7 heteroatoms. The molecule has 0 saturated carbocycles. The molecule has 2 aromatic rings. The summed E-state index contributed by atoms with van der Waals surface area (Å²) in [5, 5.41) is 16.0. The molecule has 21 heavy (non-hydrogen) atoms. The monoisotopic (exact) mass is 307 g/mol. The van der Waals surface area contributed by atoms with Crippen molar-refractivity contribution in [3.63, 3.8) is 0 Å². The smallest absolute Gasteiger partial charge is 0.339 e. The SMILES string of the molecule is Cc1nn(C)c(C)c1C(=O)Nc1cccc(Cl)c1C(=O)O. The Kier molecular flexibility index (Phi) is 3.99. The highest BCUT2D eigenvalue weighted by Gasteiger charge is 2.21. The van der Waals surface area contributed by atoms with Gasteiger partial charge in [0, 0.05) is 12.7 Å². The Hall–Kier alpha value is -2.34. The van der Waals surface area contributed by atoms with E-state index in [1.807, 2.05) is 0 Å². The number of anilines is 1. The minimum absolute atomic E-state index is 0.0694. The first-order valence-electron chi connectivity index (χ1n) is 6.16. The van der Waals surface area contributed by atoms with E-state index in [4.69, 9.17) is 11.6 Å². The first-order chi connectivity index (χ1) is 9.82. The number of rotatable bonds is 3. The molecule has 0 atom stereocenters. The second kappa shape index (κ2) is 5.57. The molecule has 0 fully saturated rings. The van der Waals surface area contributed by atoms with Gasteiger partial charge in [-0.05, 0) is 26.0 Å². The highest BCUT2D eigenvalue weighted by atomic mass is 35.5. The van der Waals surface area contributed by atoms with E-state index < -0.39 is 11.9 Å². The second-order valence-corrected chi connectivity index (χ2v) is 5.00. The molecule has 2 N–H and O–H groups in total. The lowest BCUT2D eigenvalue weighted by Gasteiger charge is -2.10. The van der Waals surface area contributed by atoms with Crippen LogP contribution in [-0.4, -0.2) is 26.8 Å². The maximum absolute atomic E-state index is 12.4. The number of carbonyl (C=O) groups excluding carboxylic acids is 1. The van der Waals surface area contributed by atoms with Gasteiger partial charge in [0.25, 0.3) is 5.91 Å². The Morgan fingerprint density at radius 3 is 2.48 bits per heavy atom. The van der Waals surface area contributed by atoms with Crippen LogP contribution in [0.15, 0.2) is 18.2 Å². The third-order valence-electron chi connectivity index (χ3n) is 3.21. The number of halogens is 1. The zero-order valence-electron chi connectivity index (χ0n) is 11.8. The number of aromatic carboxylic acids is 1. The number of carboxylic acid groups (broad SMARTS) is 1. The molecule has 0 bridgehead atoms. The van der Waals surface area contributed by atoms with Crippen molar-refractivity contribution in [2.45, 2.75) is 13.8 Å². The van der Waals surface area contributed by atoms with Crippen LogP contribution in [0.25, 0.3) is 0 Å². The first kappa shape index (κ1) is 15.1. The summed E-state index contributed by atoms with van der Waals surface area (Å²) in [6.07, 6.45) is 0. The van der Waals surface area contributed by atoms with Crippen molar-refractivity contribution in [1.82, 2.24) is 9.78 Å². The summed E-state index contributed by atoms with van der Waals surface area (Å²) in [7, 11) is 1.74. The number of hydrogen-bond acceptors (Lipinski definition) is 3. The molecule has 0 spiro atoms. The van der Waals surface area contributed by atoms with Crippen LogP contribution in [0.3, 0.4) is 0 Å². The normalized spacial score (nSPS) is 10.5. The average Bonchev–Trinajstić information content (AvgIpc) is 2.62. The van der Waals surface area contributed by atoms with Crippen LogP contribution in [0.5, 0.6) is 0 Å². The van der Waals surface area contributed by atoms with Gasteiger partial charge < -0.3 is 10.4 Å². The molecule has 0 saturated heterocycles. The van der Waals surface area contributed by atoms with Gasteiger partial charge in [-0.3, -0.25) is 9.48 Å². The van der Waals surface area contributed by atoms with Gasteiger partial charge in [0.15, 0.2) is 0 Å². The fourth-order valence-electron chi connectivity index (χ4n) is 2.13. The summed E-state index contributed by atoms with van der Waals surface area (Å²) in [6.45, 7) is 3.49. The number of carboxylic acids is 1. The number of hydrogen-bond donors (Lipinski definition) is 2. The van der Waals surface area contributed by atoms with E-state index in [0.717, 1.165) is 0 Å². The Bertz CT molecular complexity index is 737. The van der Waals surface area contributed by atoms with Crippen molar-refractivity contribution in [2.24, 2.45) is 7.05 Å². The lowest BCUT2D eigenvalue weighted by Crippen LogP contribution is -2.16. The number of carbonyl (C=O) groups is 2. The highest BCUT2D eigenvalue weighted by molar-refractivity contribution is 6.34. The number of aromatic nitrogens is 2. The van der Waals surface area contributed by atoms with Gasteiger partial charge in [0.2, 0.25) is 0 Å². The van der Waals surface area contributed by atoms with Gasteiger partial charge in [-0.1, -0.05) is 17.7 Å². The molecule has 1 heterocycles. The molecule has 0 aliphatic heterocycles. The van der Waals surface area contributed by atoms with Gasteiger partial charge >= 0.3 is 5.97 Å². The van der Waals surface area contributed by atoms with Crippen molar-refractivity contribution in [1.29, 1.82) is 0 Å². The van der Waals surface area contributed by atoms with Crippen LogP contribution < -0.4 is 5.32 Å². The van der Waals surface area contributed by atoms with Crippen molar-refractivity contribution >= 4 is 29.2 Å². The van der Waals surface area contributed by atoms with Crippen molar-refractivity contribution in [2.75, 3.05) is 5.32 Å². The molecular formula is C14H14ClN3O3. The average molecular weight is 308 g/mol. The summed E-state index contributed by atoms with van der Waals surface area (Å²) >= 11 is 5.87. The van der Waals surface area contributed by atoms with E-state index in [1.165, 1.54) is 12.1 Å². The Labute approximate surface area is 126 Å². The van der Waals surface area contributed by atoms with Gasteiger partial charge in [0.05, 0.1) is 22.0 Å². The topological polar surface area (TPSA) is 84.2 Å². The molecule has 1 aromatic heterocycles. The minimum atomic E-state index is -1.20. The maximum Gasteiger partial charge on any atom is 0.339 e. The molecule has 0 radical (unpaired) electrons. The third kappa shape index (κ3) is 2.75. The molecular weight excluding hydrogens is 294 g/mol. The van der Waals surface area contributed by atoms with Crippen LogP contribution in [0.1, 0.15) is 32.1 Å². The summed E-state index contributed by atoms with van der Waals surface area (Å²) in [6, 6.07) is 4.53. The number of nitrogens with one attached hydrogen (secondary N) is 1. The zero-order chi connectivity index (χ0) is 15.7. The first-order valence-corrected chi connectivity index (χ1v) is 6.54. The number of aryl methyl sites for hydroxylation is 2. The molecule has 0 aliphatic carbocycles. The van der Waals surface area contributed by atoms with Crippen LogP contribution in [0, 0.1) is 13.8 Å². The van der Waals surface area contributed by atoms with Crippen molar-refractivity contribution < 1.29 is 14.7 Å². The van der Waals surface area contributed by atoms with Gasteiger partial charge in [-0.15, -0.1) is 0 Å². The van der Waals surface area contributed by atoms with E-state index in [-0.39, 0.29) is 16.3 Å². The van der Waals surface area contributed by atoms with Gasteiger partial charge in [-0.2, -0.15) is 5.10 Å². The number of benzene rings is 1. The van der Waals surface area contributed by atoms with E-state index in [1.54, 1.807) is 31.6 Å². The lowest BCUT2D eigenvalue weighted by molar-refractivity contribution is 0.0698. The predicted octanol–water partition coefficient (Wildman–Crippen LogP) is 2.64. The summed E-state index contributed by atoms with van der Waals surface area (Å²) in [5.74, 6) is -1.61. The number of nitrogens with zero attached hydrogens (tertiary/aromatic N) is 2. The highest BCUT2D eigenvalue weighted by Crippen LogP contribution is 2.25. The fraction of sp³-hybridized carbons (Fsp3) is 0.214. The fourth-order valence-corrected chi connectivity index (χ4v) is 2.39. The molecule has 6 nitrogen and oxygen atoms in total. The Morgan fingerprint density at radius 2 is 1.95 bits per heavy atom. The van der Waals surface area contributed by atoms with E-state index in [0.29, 0.717) is 17.0 Å². The lowest BCUT2D eigenvalue weighted by atomic mass is 10.1. The van der Waals surface area contributed by atoms with Gasteiger partial charge in [0.1, 0.15) is 5.56 Å². The summed E-state index contributed by atoms with van der Waals surface area (Å²) in [5.41, 5.74) is 1.72. The maximum atomic E-state index is 12.4.